The number of amidine groups is 1. The van der Waals surface area contributed by atoms with Crippen LogP contribution in [0.4, 0.5) is 0 Å². The maximum Gasteiger partial charge on any atom is 0.418 e. The van der Waals surface area contributed by atoms with Crippen molar-refractivity contribution in [2.24, 2.45) is 10.9 Å². The predicted octanol–water partition coefficient (Wildman–Crippen LogP) is -1.50. The minimum absolute atomic E-state index is 0.433. The van der Waals surface area contributed by atoms with E-state index in [1.807, 2.05) is 0 Å². The Morgan fingerprint density at radius 3 is 2.35 bits per heavy atom. The summed E-state index contributed by atoms with van der Waals surface area (Å²) in [5.41, 5.74) is 0. The van der Waals surface area contributed by atoms with Gasteiger partial charge in [0.15, 0.2) is 0 Å². The van der Waals surface area contributed by atoms with Crippen LogP contribution in [0.5, 0.6) is 0 Å². The molecule has 0 aromatic rings. The van der Waals surface area contributed by atoms with Gasteiger partial charge in [0.05, 0.1) is 12.5 Å². The fourth-order valence-corrected chi connectivity index (χ4v) is 3.40. The average molecular weight is 286 g/mol. The topological polar surface area (TPSA) is 120 Å². The van der Waals surface area contributed by atoms with Crippen LogP contribution < -0.4 is 5.32 Å². The first kappa shape index (κ1) is 12.7. The van der Waals surface area contributed by atoms with Crippen LogP contribution in [-0.2, 0) is 32.8 Å². The monoisotopic (exact) mass is 286 g/mol. The Morgan fingerprint density at radius 2 is 1.88 bits per heavy atom. The molecule has 2 aliphatic heterocycles. The lowest BCUT2D eigenvalue weighted by molar-refractivity contribution is -0.0374. The predicted molar refractivity (Wildman–Crippen MR) is 54.4 cm³/mol. The average Bonchev–Trinajstić information content (AvgIpc) is 2.63. The number of rotatable bonds is 2. The zero-order chi connectivity index (χ0) is 12.7. The molecule has 1 saturated heterocycles. The smallest absolute Gasteiger partial charge is 0.372 e. The van der Waals surface area contributed by atoms with Gasteiger partial charge in [0.2, 0.25) is 6.29 Å². The first-order valence-corrected chi connectivity index (χ1v) is 7.31. The molecule has 0 aromatic heterocycles. The summed E-state index contributed by atoms with van der Waals surface area (Å²) in [7, 11) is -9.22. The summed E-state index contributed by atoms with van der Waals surface area (Å²) in [6.45, 7) is 2.66. The lowest BCUT2D eigenvalue weighted by atomic mass is 10.1. The molecule has 11 heteroatoms. The van der Waals surface area contributed by atoms with Gasteiger partial charge in [-0.2, -0.15) is 16.8 Å². The van der Waals surface area contributed by atoms with Crippen molar-refractivity contribution in [1.82, 2.24) is 5.32 Å². The van der Waals surface area contributed by atoms with Crippen LogP contribution >= 0.6 is 0 Å². The highest BCUT2D eigenvalue weighted by molar-refractivity contribution is 7.95. The van der Waals surface area contributed by atoms with Gasteiger partial charge >= 0.3 is 20.8 Å². The van der Waals surface area contributed by atoms with E-state index in [9.17, 15) is 16.8 Å². The Balaban J connectivity index is 2.21. The van der Waals surface area contributed by atoms with Gasteiger partial charge in [-0.25, -0.2) is 8.37 Å². The van der Waals surface area contributed by atoms with E-state index in [1.54, 1.807) is 0 Å². The van der Waals surface area contributed by atoms with Crippen LogP contribution in [-0.4, -0.2) is 42.1 Å². The lowest BCUT2D eigenvalue weighted by Crippen LogP contribution is -2.43. The molecule has 0 aromatic carbocycles. The summed E-state index contributed by atoms with van der Waals surface area (Å²) >= 11 is 0. The van der Waals surface area contributed by atoms with Crippen LogP contribution in [0.25, 0.3) is 0 Å². The Kier molecular flexibility index (Phi) is 3.12. The summed E-state index contributed by atoms with van der Waals surface area (Å²) in [6, 6.07) is 0. The fourth-order valence-electron chi connectivity index (χ4n) is 1.40. The summed E-state index contributed by atoms with van der Waals surface area (Å²) in [4.78, 5) is 4.02. The highest BCUT2D eigenvalue weighted by atomic mass is 32.3. The van der Waals surface area contributed by atoms with Crippen LogP contribution in [0, 0.1) is 5.92 Å². The standard InChI is InChI=1S/C6H10N2O7S2/c1-4(5-7-2-3-8-5)6-13-16(9,10)15-17(11,12)14-6/h4,6H,2-3H2,1H3,(H,7,8). The normalized spacial score (nSPS) is 29.4. The quantitative estimate of drug-likeness (QED) is 0.651. The molecule has 0 spiro atoms. The second kappa shape index (κ2) is 4.17. The molecule has 1 N–H and O–H groups in total. The maximum absolute atomic E-state index is 11.0. The highest BCUT2D eigenvalue weighted by Crippen LogP contribution is 2.24. The van der Waals surface area contributed by atoms with Gasteiger partial charge in [0.25, 0.3) is 0 Å². The lowest BCUT2D eigenvalue weighted by Gasteiger charge is -2.25. The second-order valence-electron chi connectivity index (χ2n) is 3.43. The Labute approximate surface area is 98.4 Å². The molecular weight excluding hydrogens is 276 g/mol. The molecule has 0 radical (unpaired) electrons. The van der Waals surface area contributed by atoms with Crippen molar-refractivity contribution in [2.45, 2.75) is 13.2 Å². The van der Waals surface area contributed by atoms with E-state index < -0.39 is 33.0 Å². The third kappa shape index (κ3) is 2.93. The van der Waals surface area contributed by atoms with Crippen LogP contribution in [0.2, 0.25) is 0 Å². The van der Waals surface area contributed by atoms with E-state index in [-0.39, 0.29) is 0 Å². The molecule has 0 bridgehead atoms. The number of aliphatic imine (C=N–C) groups is 1. The largest absolute Gasteiger partial charge is 0.418 e. The second-order valence-corrected chi connectivity index (χ2v) is 5.99. The van der Waals surface area contributed by atoms with Gasteiger partial charge in [0.1, 0.15) is 5.84 Å². The molecule has 1 atom stereocenters. The SMILES string of the molecule is CC(C1=NCCN1)C1OS(=O)(=O)OS(=O)(=O)O1. The van der Waals surface area contributed by atoms with Gasteiger partial charge in [-0.15, -0.1) is 3.63 Å². The number of hydrogen-bond acceptors (Lipinski definition) is 9. The zero-order valence-electron chi connectivity index (χ0n) is 8.69. The molecule has 1 fully saturated rings. The molecular formula is C6H10N2O7S2. The molecule has 0 amide bonds. The first-order chi connectivity index (χ1) is 7.79. The Hall–Kier alpha value is -0.750. The molecule has 9 nitrogen and oxygen atoms in total. The van der Waals surface area contributed by atoms with Crippen molar-refractivity contribution < 1.29 is 28.8 Å². The molecule has 1 unspecified atom stereocenters. The highest BCUT2D eigenvalue weighted by Gasteiger charge is 2.42. The van der Waals surface area contributed by atoms with Crippen LogP contribution in [0.15, 0.2) is 4.99 Å². The summed E-state index contributed by atoms with van der Waals surface area (Å²) in [5.74, 6) is -0.242. The van der Waals surface area contributed by atoms with E-state index in [4.69, 9.17) is 0 Å². The summed E-state index contributed by atoms with van der Waals surface area (Å²) in [6.07, 6.45) is -1.51. The van der Waals surface area contributed by atoms with E-state index >= 15 is 0 Å². The van der Waals surface area contributed by atoms with Crippen molar-refractivity contribution >= 4 is 26.6 Å². The molecule has 0 saturated carbocycles. The van der Waals surface area contributed by atoms with Crippen molar-refractivity contribution in [3.05, 3.63) is 0 Å². The van der Waals surface area contributed by atoms with E-state index in [2.05, 4.69) is 22.3 Å². The van der Waals surface area contributed by atoms with Gasteiger partial charge in [-0.3, -0.25) is 4.99 Å². The van der Waals surface area contributed by atoms with E-state index in [1.165, 1.54) is 6.92 Å². The Bertz CT molecular complexity index is 503. The third-order valence-electron chi connectivity index (χ3n) is 2.13. The zero-order valence-corrected chi connectivity index (χ0v) is 10.3. The van der Waals surface area contributed by atoms with E-state index in [0.29, 0.717) is 18.9 Å². The fraction of sp³-hybridized carbons (Fsp3) is 0.833. The number of hydrogen-bond donors (Lipinski definition) is 1. The summed E-state index contributed by atoms with van der Waals surface area (Å²) < 4.78 is 56.6. The van der Waals surface area contributed by atoms with E-state index in [0.717, 1.165) is 0 Å². The molecule has 17 heavy (non-hydrogen) atoms. The van der Waals surface area contributed by atoms with Crippen molar-refractivity contribution in [2.75, 3.05) is 13.1 Å². The van der Waals surface area contributed by atoms with Crippen LogP contribution in [0.1, 0.15) is 6.92 Å². The van der Waals surface area contributed by atoms with Gasteiger partial charge < -0.3 is 5.32 Å². The third-order valence-corrected chi connectivity index (χ3v) is 4.32. The molecule has 0 aliphatic carbocycles. The Morgan fingerprint density at radius 1 is 1.29 bits per heavy atom. The van der Waals surface area contributed by atoms with Gasteiger partial charge in [-0.05, 0) is 0 Å². The van der Waals surface area contributed by atoms with Gasteiger partial charge in [0, 0.05) is 6.54 Å². The van der Waals surface area contributed by atoms with Crippen molar-refractivity contribution in [3.63, 3.8) is 0 Å². The van der Waals surface area contributed by atoms with Crippen LogP contribution in [0.3, 0.4) is 0 Å². The number of nitrogens with zero attached hydrogens (tertiary/aromatic N) is 1. The molecule has 98 valence electrons. The minimum atomic E-state index is -4.61. The summed E-state index contributed by atoms with van der Waals surface area (Å²) in [5, 5.41) is 2.87. The maximum atomic E-state index is 11.0. The molecule has 2 rings (SSSR count). The van der Waals surface area contributed by atoms with Crippen molar-refractivity contribution in [3.8, 4) is 0 Å². The number of nitrogens with one attached hydrogen (secondary N) is 1. The molecule has 2 aliphatic rings. The minimum Gasteiger partial charge on any atom is -0.372 e. The van der Waals surface area contributed by atoms with Crippen molar-refractivity contribution in [1.29, 1.82) is 0 Å². The van der Waals surface area contributed by atoms with Gasteiger partial charge in [-0.1, -0.05) is 6.92 Å². The first-order valence-electron chi connectivity index (χ1n) is 4.65. The molecule has 2 heterocycles.